The van der Waals surface area contributed by atoms with Gasteiger partial charge in [-0.3, -0.25) is 9.36 Å². The second-order valence-corrected chi connectivity index (χ2v) is 10.1. The molecule has 4 rings (SSSR count). The molecule has 2 heterocycles. The van der Waals surface area contributed by atoms with Crippen molar-refractivity contribution in [3.05, 3.63) is 88.0 Å². The second-order valence-electron chi connectivity index (χ2n) is 7.81. The second kappa shape index (κ2) is 11.0. The number of carbonyl (C=O) groups is 1. The summed E-state index contributed by atoms with van der Waals surface area (Å²) in [6.45, 7) is 6.09. The van der Waals surface area contributed by atoms with Gasteiger partial charge in [0, 0.05) is 9.50 Å². The zero-order valence-corrected chi connectivity index (χ0v) is 23.3. The van der Waals surface area contributed by atoms with Crippen LogP contribution in [0.1, 0.15) is 37.9 Å². The van der Waals surface area contributed by atoms with Gasteiger partial charge in [0.25, 0.3) is 5.56 Å². The standard InChI is InChI=1S/C26H24BrClN2O5S/c1-5-34-20-13-18(27)16(11-19(20)33-4)12-21-24(31)30-23(15-7-9-17(28)10-8-15)22(25(32)35-6-2)14(3)29-26(30)36-21/h7-13,23H,5-6H2,1-4H3/b21-12+/t23-/m0/s1. The first-order valence-corrected chi connectivity index (χ1v) is 13.2. The Kier molecular flexibility index (Phi) is 8.02. The van der Waals surface area contributed by atoms with Crippen LogP contribution < -0.4 is 24.4 Å². The Morgan fingerprint density at radius 2 is 1.92 bits per heavy atom. The van der Waals surface area contributed by atoms with Crippen molar-refractivity contribution in [3.8, 4) is 11.5 Å². The molecule has 3 aromatic rings. The highest BCUT2D eigenvalue weighted by molar-refractivity contribution is 9.10. The summed E-state index contributed by atoms with van der Waals surface area (Å²) in [5, 5.41) is 0.554. The molecular formula is C26H24BrClN2O5S. The average molecular weight is 592 g/mol. The molecular weight excluding hydrogens is 568 g/mol. The summed E-state index contributed by atoms with van der Waals surface area (Å²) in [6.07, 6.45) is 1.77. The number of fused-ring (bicyclic) bond motifs is 1. The summed E-state index contributed by atoms with van der Waals surface area (Å²) in [4.78, 5) is 31.8. The van der Waals surface area contributed by atoms with Crippen LogP contribution in [0.2, 0.25) is 5.02 Å². The van der Waals surface area contributed by atoms with Crippen LogP contribution in [0.4, 0.5) is 0 Å². The lowest BCUT2D eigenvalue weighted by Crippen LogP contribution is -2.39. The van der Waals surface area contributed by atoms with Crippen molar-refractivity contribution in [1.29, 1.82) is 0 Å². The number of esters is 1. The van der Waals surface area contributed by atoms with Gasteiger partial charge in [-0.15, -0.1) is 0 Å². The van der Waals surface area contributed by atoms with E-state index < -0.39 is 12.0 Å². The maximum atomic E-state index is 13.7. The number of nitrogens with zero attached hydrogens (tertiary/aromatic N) is 2. The fraction of sp³-hybridized carbons (Fsp3) is 0.269. The Labute approximate surface area is 225 Å². The lowest BCUT2D eigenvalue weighted by Gasteiger charge is -2.24. The van der Waals surface area contributed by atoms with Crippen molar-refractivity contribution in [2.24, 2.45) is 4.99 Å². The Bertz CT molecular complexity index is 1530. The molecule has 36 heavy (non-hydrogen) atoms. The highest BCUT2D eigenvalue weighted by atomic mass is 79.9. The number of benzene rings is 2. The van der Waals surface area contributed by atoms with E-state index in [2.05, 4.69) is 20.9 Å². The van der Waals surface area contributed by atoms with Crippen LogP contribution >= 0.6 is 38.9 Å². The van der Waals surface area contributed by atoms with E-state index in [1.54, 1.807) is 61.9 Å². The molecule has 1 aliphatic rings. The molecule has 2 aromatic carbocycles. The fourth-order valence-corrected chi connectivity index (χ4v) is 5.58. The van der Waals surface area contributed by atoms with Crippen LogP contribution in [-0.2, 0) is 9.53 Å². The Morgan fingerprint density at radius 3 is 2.56 bits per heavy atom. The number of ether oxygens (including phenoxy) is 3. The summed E-state index contributed by atoms with van der Waals surface area (Å²) in [5.74, 6) is 0.647. The predicted octanol–water partition coefficient (Wildman–Crippen LogP) is 4.62. The molecule has 0 N–H and O–H groups in total. The summed E-state index contributed by atoms with van der Waals surface area (Å²) in [6, 6.07) is 9.98. The number of carbonyl (C=O) groups excluding carboxylic acids is 1. The molecule has 0 spiro atoms. The maximum Gasteiger partial charge on any atom is 0.338 e. The van der Waals surface area contributed by atoms with Crippen molar-refractivity contribution in [1.82, 2.24) is 4.57 Å². The number of allylic oxidation sites excluding steroid dienone is 1. The lowest BCUT2D eigenvalue weighted by atomic mass is 9.96. The quantitative estimate of drug-likeness (QED) is 0.375. The number of thiazole rings is 1. The van der Waals surface area contributed by atoms with Crippen LogP contribution in [0.3, 0.4) is 0 Å². The van der Waals surface area contributed by atoms with E-state index in [1.807, 2.05) is 13.0 Å². The Balaban J connectivity index is 1.93. The van der Waals surface area contributed by atoms with E-state index in [4.69, 9.17) is 25.8 Å². The van der Waals surface area contributed by atoms with Gasteiger partial charge < -0.3 is 14.2 Å². The molecule has 0 amide bonds. The molecule has 1 atom stereocenters. The minimum atomic E-state index is -0.696. The van der Waals surface area contributed by atoms with Crippen LogP contribution in [0.15, 0.2) is 61.9 Å². The van der Waals surface area contributed by atoms with E-state index in [0.29, 0.717) is 43.7 Å². The first kappa shape index (κ1) is 26.2. The number of hydrogen-bond donors (Lipinski definition) is 0. The number of rotatable bonds is 7. The topological polar surface area (TPSA) is 79.1 Å². The molecule has 0 saturated carbocycles. The molecule has 0 fully saturated rings. The molecule has 10 heteroatoms. The van der Waals surface area contributed by atoms with Gasteiger partial charge in [-0.25, -0.2) is 9.79 Å². The molecule has 7 nitrogen and oxygen atoms in total. The molecule has 1 aliphatic heterocycles. The summed E-state index contributed by atoms with van der Waals surface area (Å²) < 4.78 is 19.2. The number of methoxy groups -OCH3 is 1. The Hall–Kier alpha value is -2.88. The first-order valence-electron chi connectivity index (χ1n) is 11.2. The summed E-state index contributed by atoms with van der Waals surface area (Å²) in [7, 11) is 1.56. The Morgan fingerprint density at radius 1 is 1.19 bits per heavy atom. The predicted molar refractivity (Wildman–Crippen MR) is 144 cm³/mol. The lowest BCUT2D eigenvalue weighted by molar-refractivity contribution is -0.139. The summed E-state index contributed by atoms with van der Waals surface area (Å²) >= 11 is 10.9. The van der Waals surface area contributed by atoms with Gasteiger partial charge in [-0.05, 0) is 62.2 Å². The third-order valence-electron chi connectivity index (χ3n) is 5.57. The van der Waals surface area contributed by atoms with Crippen LogP contribution in [0.25, 0.3) is 6.08 Å². The monoisotopic (exact) mass is 590 g/mol. The van der Waals surface area contributed by atoms with E-state index in [0.717, 1.165) is 15.6 Å². The van der Waals surface area contributed by atoms with Gasteiger partial charge in [0.15, 0.2) is 16.3 Å². The first-order chi connectivity index (χ1) is 17.3. The van der Waals surface area contributed by atoms with Crippen LogP contribution in [-0.4, -0.2) is 30.9 Å². The molecule has 188 valence electrons. The molecule has 0 radical (unpaired) electrons. The van der Waals surface area contributed by atoms with Gasteiger partial charge in [-0.1, -0.05) is 51.0 Å². The van der Waals surface area contributed by atoms with Crippen molar-refractivity contribution < 1.29 is 19.0 Å². The number of hydrogen-bond acceptors (Lipinski definition) is 7. The minimum Gasteiger partial charge on any atom is -0.493 e. The van der Waals surface area contributed by atoms with Crippen LogP contribution in [0.5, 0.6) is 11.5 Å². The molecule has 0 unspecified atom stereocenters. The van der Waals surface area contributed by atoms with Gasteiger partial charge in [-0.2, -0.15) is 0 Å². The zero-order valence-electron chi connectivity index (χ0n) is 20.1. The molecule has 1 aromatic heterocycles. The van der Waals surface area contributed by atoms with E-state index in [9.17, 15) is 9.59 Å². The number of halogens is 2. The SMILES string of the molecule is CCOC(=O)C1=C(C)N=c2s/c(=C/c3cc(OC)c(OCC)cc3Br)c(=O)n2[C@H]1c1ccc(Cl)cc1. The normalized spacial score (nSPS) is 15.4. The van der Waals surface area contributed by atoms with E-state index in [1.165, 1.54) is 11.3 Å². The zero-order chi connectivity index (χ0) is 26.0. The molecule has 0 saturated heterocycles. The van der Waals surface area contributed by atoms with Crippen LogP contribution in [0, 0.1) is 0 Å². The van der Waals surface area contributed by atoms with E-state index >= 15 is 0 Å². The smallest absolute Gasteiger partial charge is 0.338 e. The highest BCUT2D eigenvalue weighted by Gasteiger charge is 2.33. The largest absolute Gasteiger partial charge is 0.493 e. The van der Waals surface area contributed by atoms with Crippen molar-refractivity contribution in [2.75, 3.05) is 20.3 Å². The summed E-state index contributed by atoms with van der Waals surface area (Å²) in [5.41, 5.74) is 2.03. The van der Waals surface area contributed by atoms with Gasteiger partial charge in [0.1, 0.15) is 0 Å². The molecule has 0 aliphatic carbocycles. The maximum absolute atomic E-state index is 13.7. The van der Waals surface area contributed by atoms with E-state index in [-0.39, 0.29) is 12.2 Å². The van der Waals surface area contributed by atoms with Gasteiger partial charge >= 0.3 is 5.97 Å². The average Bonchev–Trinajstić information content (AvgIpc) is 3.15. The third kappa shape index (κ3) is 5.00. The highest BCUT2D eigenvalue weighted by Crippen LogP contribution is 2.34. The number of aromatic nitrogens is 1. The fourth-order valence-electron chi connectivity index (χ4n) is 3.98. The van der Waals surface area contributed by atoms with Crippen molar-refractivity contribution in [3.63, 3.8) is 0 Å². The third-order valence-corrected chi connectivity index (χ3v) is 7.49. The van der Waals surface area contributed by atoms with Gasteiger partial charge in [0.05, 0.1) is 42.2 Å². The minimum absolute atomic E-state index is 0.209. The van der Waals surface area contributed by atoms with Crippen molar-refractivity contribution in [2.45, 2.75) is 26.8 Å². The molecule has 0 bridgehead atoms. The van der Waals surface area contributed by atoms with Crippen molar-refractivity contribution >= 4 is 50.9 Å². The van der Waals surface area contributed by atoms with Gasteiger partial charge in [0.2, 0.25) is 0 Å².